The molecular weight excluding hydrogens is 250 g/mol. The third-order valence-electron chi connectivity index (χ3n) is 2.87. The largest absolute Gasteiger partial charge is 0.490 e. The first-order valence-electron chi connectivity index (χ1n) is 5.66. The number of carbonyl (C=O) groups is 2. The molecule has 2 amide bonds. The Morgan fingerprint density at radius 1 is 1.44 bits per heavy atom. The maximum absolute atomic E-state index is 11.4. The van der Waals surface area contributed by atoms with Gasteiger partial charge in [0.1, 0.15) is 11.9 Å². The molecule has 0 bridgehead atoms. The Kier molecular flexibility index (Phi) is 2.63. The Bertz CT molecular complexity index is 580. The Hall–Kier alpha value is -1.75. The smallest absolute Gasteiger partial charge is 0.290 e. The summed E-state index contributed by atoms with van der Waals surface area (Å²) in [6, 6.07) is 5.84. The highest BCUT2D eigenvalue weighted by Crippen LogP contribution is 2.32. The summed E-state index contributed by atoms with van der Waals surface area (Å²) in [5.41, 5.74) is 2.06. The molecule has 4 nitrogen and oxygen atoms in total. The summed E-state index contributed by atoms with van der Waals surface area (Å²) in [6.45, 7) is 2.02. The van der Waals surface area contributed by atoms with Crippen LogP contribution in [0.2, 0.25) is 0 Å². The molecule has 1 fully saturated rings. The molecule has 2 heterocycles. The molecule has 1 unspecified atom stereocenters. The van der Waals surface area contributed by atoms with Gasteiger partial charge < -0.3 is 4.74 Å². The SMILES string of the molecule is CC1Cc2ccc(/C=C3/SC(=O)NC3=O)cc2O1. The van der Waals surface area contributed by atoms with Gasteiger partial charge in [0.25, 0.3) is 11.1 Å². The van der Waals surface area contributed by atoms with E-state index in [1.165, 1.54) is 5.56 Å². The van der Waals surface area contributed by atoms with E-state index in [2.05, 4.69) is 5.32 Å². The summed E-state index contributed by atoms with van der Waals surface area (Å²) in [5, 5.41) is 1.91. The molecule has 1 atom stereocenters. The van der Waals surface area contributed by atoms with E-state index in [4.69, 9.17) is 4.74 Å². The lowest BCUT2D eigenvalue weighted by molar-refractivity contribution is -0.115. The summed E-state index contributed by atoms with van der Waals surface area (Å²) in [4.78, 5) is 22.9. The molecule has 1 N–H and O–H groups in total. The number of thioether (sulfide) groups is 1. The van der Waals surface area contributed by atoms with Gasteiger partial charge >= 0.3 is 0 Å². The molecule has 5 heteroatoms. The van der Waals surface area contributed by atoms with Crippen LogP contribution in [-0.4, -0.2) is 17.3 Å². The Morgan fingerprint density at radius 3 is 3.00 bits per heavy atom. The fourth-order valence-electron chi connectivity index (χ4n) is 2.08. The molecule has 1 aromatic rings. The lowest BCUT2D eigenvalue weighted by atomic mass is 10.1. The molecule has 0 saturated carbocycles. The van der Waals surface area contributed by atoms with Crippen molar-refractivity contribution in [3.05, 3.63) is 34.2 Å². The van der Waals surface area contributed by atoms with Crippen molar-refractivity contribution < 1.29 is 14.3 Å². The van der Waals surface area contributed by atoms with Gasteiger partial charge in [-0.15, -0.1) is 0 Å². The zero-order valence-electron chi connectivity index (χ0n) is 9.73. The van der Waals surface area contributed by atoms with Gasteiger partial charge in [0.05, 0.1) is 4.91 Å². The van der Waals surface area contributed by atoms with Gasteiger partial charge in [-0.2, -0.15) is 0 Å². The second kappa shape index (κ2) is 4.17. The van der Waals surface area contributed by atoms with Crippen LogP contribution < -0.4 is 10.1 Å². The Labute approximate surface area is 108 Å². The zero-order chi connectivity index (χ0) is 12.7. The van der Waals surface area contributed by atoms with E-state index in [0.29, 0.717) is 4.91 Å². The average molecular weight is 261 g/mol. The molecule has 2 aliphatic rings. The highest BCUT2D eigenvalue weighted by Gasteiger charge is 2.25. The molecule has 0 spiro atoms. The van der Waals surface area contributed by atoms with Crippen LogP contribution in [0.15, 0.2) is 23.1 Å². The quantitative estimate of drug-likeness (QED) is 0.788. The first-order chi connectivity index (χ1) is 8.61. The monoisotopic (exact) mass is 261 g/mol. The summed E-state index contributed by atoms with van der Waals surface area (Å²) >= 11 is 0.923. The van der Waals surface area contributed by atoms with Crippen LogP contribution in [-0.2, 0) is 11.2 Å². The molecule has 1 aromatic carbocycles. The number of amides is 2. The molecule has 0 aliphatic carbocycles. The molecule has 0 aromatic heterocycles. The van der Waals surface area contributed by atoms with Gasteiger partial charge in [0.15, 0.2) is 0 Å². The predicted molar refractivity (Wildman–Crippen MR) is 69.3 cm³/mol. The average Bonchev–Trinajstić information content (AvgIpc) is 2.80. The van der Waals surface area contributed by atoms with Crippen LogP contribution >= 0.6 is 11.8 Å². The van der Waals surface area contributed by atoms with Crippen molar-refractivity contribution in [1.82, 2.24) is 5.32 Å². The molecular formula is C13H11NO3S. The van der Waals surface area contributed by atoms with Gasteiger partial charge in [-0.1, -0.05) is 12.1 Å². The van der Waals surface area contributed by atoms with Crippen molar-refractivity contribution in [2.45, 2.75) is 19.4 Å². The van der Waals surface area contributed by atoms with Crippen molar-refractivity contribution in [1.29, 1.82) is 0 Å². The number of nitrogens with one attached hydrogen (secondary N) is 1. The summed E-state index contributed by atoms with van der Waals surface area (Å²) in [7, 11) is 0. The number of carbonyl (C=O) groups excluding carboxylic acids is 2. The van der Waals surface area contributed by atoms with E-state index in [1.807, 2.05) is 25.1 Å². The summed E-state index contributed by atoms with van der Waals surface area (Å²) in [6.07, 6.45) is 2.82. The van der Waals surface area contributed by atoms with E-state index in [9.17, 15) is 9.59 Å². The van der Waals surface area contributed by atoms with Crippen LogP contribution in [0, 0.1) is 0 Å². The molecule has 0 radical (unpaired) electrons. The van der Waals surface area contributed by atoms with Gasteiger partial charge in [0, 0.05) is 6.42 Å². The van der Waals surface area contributed by atoms with E-state index < -0.39 is 0 Å². The number of benzene rings is 1. The second-order valence-electron chi connectivity index (χ2n) is 4.35. The highest BCUT2D eigenvalue weighted by atomic mass is 32.2. The van der Waals surface area contributed by atoms with Crippen molar-refractivity contribution in [3.63, 3.8) is 0 Å². The maximum atomic E-state index is 11.4. The lowest BCUT2D eigenvalue weighted by Gasteiger charge is -2.03. The molecule has 2 aliphatic heterocycles. The Balaban J connectivity index is 1.91. The number of rotatable bonds is 1. The van der Waals surface area contributed by atoms with Crippen LogP contribution in [0.1, 0.15) is 18.1 Å². The van der Waals surface area contributed by atoms with Crippen molar-refractivity contribution >= 4 is 29.0 Å². The number of hydrogen-bond acceptors (Lipinski definition) is 4. The third kappa shape index (κ3) is 2.01. The molecule has 18 heavy (non-hydrogen) atoms. The molecule has 1 saturated heterocycles. The summed E-state index contributed by atoms with van der Waals surface area (Å²) in [5.74, 6) is 0.534. The standard InChI is InChI=1S/C13H11NO3S/c1-7-4-9-3-2-8(5-10(9)17-7)6-11-12(15)14-13(16)18-11/h2-3,5-7H,4H2,1H3,(H,14,15,16)/b11-6+. The predicted octanol–water partition coefficient (Wildman–Crippen LogP) is 2.33. The van der Waals surface area contributed by atoms with E-state index in [1.54, 1.807) is 6.08 Å². The minimum absolute atomic E-state index is 0.202. The van der Waals surface area contributed by atoms with Crippen molar-refractivity contribution in [2.75, 3.05) is 0 Å². The normalized spacial score (nSPS) is 24.1. The minimum atomic E-state index is -0.334. The first-order valence-corrected chi connectivity index (χ1v) is 6.48. The van der Waals surface area contributed by atoms with Crippen LogP contribution in [0.5, 0.6) is 5.75 Å². The third-order valence-corrected chi connectivity index (χ3v) is 3.68. The molecule has 3 rings (SSSR count). The fourth-order valence-corrected chi connectivity index (χ4v) is 2.76. The minimum Gasteiger partial charge on any atom is -0.490 e. The zero-order valence-corrected chi connectivity index (χ0v) is 10.5. The number of fused-ring (bicyclic) bond motifs is 1. The van der Waals surface area contributed by atoms with Crippen molar-refractivity contribution in [2.24, 2.45) is 0 Å². The number of ether oxygens (including phenoxy) is 1. The van der Waals surface area contributed by atoms with Gasteiger partial charge in [-0.25, -0.2) is 0 Å². The number of hydrogen-bond donors (Lipinski definition) is 1. The Morgan fingerprint density at radius 2 is 2.28 bits per heavy atom. The summed E-state index contributed by atoms with van der Waals surface area (Å²) < 4.78 is 5.66. The topological polar surface area (TPSA) is 55.4 Å². The van der Waals surface area contributed by atoms with E-state index in [-0.39, 0.29) is 17.3 Å². The van der Waals surface area contributed by atoms with Crippen LogP contribution in [0.4, 0.5) is 4.79 Å². The van der Waals surface area contributed by atoms with Crippen LogP contribution in [0.3, 0.4) is 0 Å². The second-order valence-corrected chi connectivity index (χ2v) is 5.37. The van der Waals surface area contributed by atoms with Gasteiger partial charge in [0.2, 0.25) is 0 Å². The fraction of sp³-hybridized carbons (Fsp3) is 0.231. The van der Waals surface area contributed by atoms with Gasteiger partial charge in [-0.05, 0) is 42.0 Å². The lowest BCUT2D eigenvalue weighted by Crippen LogP contribution is -2.17. The first kappa shape index (κ1) is 11.3. The van der Waals surface area contributed by atoms with Crippen molar-refractivity contribution in [3.8, 4) is 5.75 Å². The van der Waals surface area contributed by atoms with Crippen LogP contribution in [0.25, 0.3) is 6.08 Å². The highest BCUT2D eigenvalue weighted by molar-refractivity contribution is 8.18. The maximum Gasteiger partial charge on any atom is 0.290 e. The molecule has 92 valence electrons. The van der Waals surface area contributed by atoms with E-state index >= 15 is 0 Å². The number of imide groups is 1. The van der Waals surface area contributed by atoms with Gasteiger partial charge in [-0.3, -0.25) is 14.9 Å². The van der Waals surface area contributed by atoms with E-state index in [0.717, 1.165) is 29.5 Å².